The lowest BCUT2D eigenvalue weighted by Gasteiger charge is -2.32. The number of aliphatic hydroxyl groups excluding tert-OH is 2. The zero-order valence-electron chi connectivity index (χ0n) is 10.3. The van der Waals surface area contributed by atoms with E-state index in [0.717, 1.165) is 31.8 Å². The lowest BCUT2D eigenvalue weighted by Crippen LogP contribution is -2.26. The van der Waals surface area contributed by atoms with Crippen LogP contribution in [0.5, 0.6) is 0 Å². The Hall–Kier alpha value is -0.410. The molecule has 3 nitrogen and oxygen atoms in total. The number of hydrogen-bond donors (Lipinski definition) is 2. The zero-order valence-corrected chi connectivity index (χ0v) is 10.3. The first-order valence-corrected chi connectivity index (χ1v) is 5.69. The molecule has 0 aromatic heterocycles. The molecule has 3 heteroatoms. The molecule has 3 unspecified atom stereocenters. The molecular weight excluding hydrogens is 192 g/mol. The number of rotatable bonds is 2. The van der Waals surface area contributed by atoms with Gasteiger partial charge in [-0.1, -0.05) is 26.7 Å². The first kappa shape index (κ1) is 17.0. The van der Waals surface area contributed by atoms with Gasteiger partial charge in [0.05, 0.1) is 6.10 Å². The molecular formula is C12H26O3. The third-order valence-corrected chi connectivity index (χ3v) is 3.16. The Balaban J connectivity index is 0. The molecule has 0 aliphatic heterocycles. The van der Waals surface area contributed by atoms with Crippen molar-refractivity contribution in [2.75, 3.05) is 7.11 Å². The van der Waals surface area contributed by atoms with Crippen LogP contribution in [0.3, 0.4) is 0 Å². The van der Waals surface area contributed by atoms with Gasteiger partial charge in [0.15, 0.2) is 0 Å². The van der Waals surface area contributed by atoms with E-state index in [1.54, 1.807) is 0 Å². The summed E-state index contributed by atoms with van der Waals surface area (Å²) in [5.41, 5.74) is 0. The molecule has 1 fully saturated rings. The molecule has 2 N–H and O–H groups in total. The SMILES string of the molecule is C=O.CCC1CCC(O)CC1CC.CO. The van der Waals surface area contributed by atoms with E-state index in [1.807, 2.05) is 6.79 Å². The van der Waals surface area contributed by atoms with Crippen molar-refractivity contribution in [3.05, 3.63) is 0 Å². The van der Waals surface area contributed by atoms with Crippen molar-refractivity contribution in [2.45, 2.75) is 52.1 Å². The van der Waals surface area contributed by atoms with Crippen molar-refractivity contribution in [3.8, 4) is 0 Å². The second kappa shape index (κ2) is 11.7. The Bertz CT molecular complexity index is 128. The van der Waals surface area contributed by atoms with Crippen LogP contribution < -0.4 is 0 Å². The average Bonchev–Trinajstić information content (AvgIpc) is 2.34. The molecule has 92 valence electrons. The standard InChI is InChI=1S/C10H20O.CH4O.CH2O/c1-3-8-5-6-10(11)7-9(8)4-2;2*1-2/h8-11H,3-7H2,1-2H3;2H,1H3;1H2. The van der Waals surface area contributed by atoms with Crippen LogP contribution in [0.2, 0.25) is 0 Å². The van der Waals surface area contributed by atoms with E-state index < -0.39 is 0 Å². The van der Waals surface area contributed by atoms with Gasteiger partial charge in [0.1, 0.15) is 6.79 Å². The molecule has 0 radical (unpaired) electrons. The largest absolute Gasteiger partial charge is 0.400 e. The fourth-order valence-corrected chi connectivity index (χ4v) is 2.34. The number of carbonyl (C=O) groups excluding carboxylic acids is 1. The van der Waals surface area contributed by atoms with Gasteiger partial charge >= 0.3 is 0 Å². The summed E-state index contributed by atoms with van der Waals surface area (Å²) < 4.78 is 0. The Morgan fingerprint density at radius 1 is 1.07 bits per heavy atom. The van der Waals surface area contributed by atoms with Crippen molar-refractivity contribution >= 4 is 6.79 Å². The molecule has 0 aromatic rings. The van der Waals surface area contributed by atoms with Gasteiger partial charge in [0.2, 0.25) is 0 Å². The van der Waals surface area contributed by atoms with Gasteiger partial charge < -0.3 is 15.0 Å². The fraction of sp³-hybridized carbons (Fsp3) is 0.917. The van der Waals surface area contributed by atoms with Crippen LogP contribution >= 0.6 is 0 Å². The van der Waals surface area contributed by atoms with Crippen LogP contribution in [0.4, 0.5) is 0 Å². The molecule has 0 bridgehead atoms. The first-order valence-electron chi connectivity index (χ1n) is 5.69. The van der Waals surface area contributed by atoms with Crippen molar-refractivity contribution in [2.24, 2.45) is 11.8 Å². The smallest absolute Gasteiger partial charge is 0.106 e. The minimum Gasteiger partial charge on any atom is -0.400 e. The Morgan fingerprint density at radius 3 is 1.93 bits per heavy atom. The molecule has 0 spiro atoms. The van der Waals surface area contributed by atoms with Crippen molar-refractivity contribution in [1.82, 2.24) is 0 Å². The first-order chi connectivity index (χ1) is 7.27. The molecule has 0 heterocycles. The summed E-state index contributed by atoms with van der Waals surface area (Å²) in [6, 6.07) is 0. The molecule has 0 amide bonds. The van der Waals surface area contributed by atoms with E-state index in [-0.39, 0.29) is 6.10 Å². The Labute approximate surface area is 93.5 Å². The van der Waals surface area contributed by atoms with Gasteiger partial charge in [-0.15, -0.1) is 0 Å². The van der Waals surface area contributed by atoms with Crippen LogP contribution in [0.1, 0.15) is 46.0 Å². The molecule has 15 heavy (non-hydrogen) atoms. The summed E-state index contributed by atoms with van der Waals surface area (Å²) in [6.07, 6.45) is 5.88. The summed E-state index contributed by atoms with van der Waals surface area (Å²) in [7, 11) is 1.00. The second-order valence-electron chi connectivity index (χ2n) is 3.80. The van der Waals surface area contributed by atoms with E-state index in [2.05, 4.69) is 13.8 Å². The minimum absolute atomic E-state index is 0.00255. The molecule has 0 saturated heterocycles. The summed E-state index contributed by atoms with van der Waals surface area (Å²) in [5.74, 6) is 1.69. The quantitative estimate of drug-likeness (QED) is 0.745. The third kappa shape index (κ3) is 6.63. The van der Waals surface area contributed by atoms with Gasteiger partial charge in [0.25, 0.3) is 0 Å². The number of hydrogen-bond acceptors (Lipinski definition) is 3. The van der Waals surface area contributed by atoms with E-state index >= 15 is 0 Å². The molecule has 1 aliphatic rings. The summed E-state index contributed by atoms with van der Waals surface area (Å²) >= 11 is 0. The second-order valence-corrected chi connectivity index (χ2v) is 3.80. The maximum atomic E-state index is 9.42. The highest BCUT2D eigenvalue weighted by molar-refractivity contribution is 5.10. The molecule has 1 saturated carbocycles. The van der Waals surface area contributed by atoms with Crippen LogP contribution in [-0.2, 0) is 4.79 Å². The minimum atomic E-state index is 0.00255. The molecule has 1 aliphatic carbocycles. The van der Waals surface area contributed by atoms with Gasteiger partial charge in [-0.25, -0.2) is 0 Å². The molecule has 1 rings (SSSR count). The maximum absolute atomic E-state index is 9.42. The summed E-state index contributed by atoms with van der Waals surface area (Å²) in [5, 5.41) is 16.4. The van der Waals surface area contributed by atoms with Crippen molar-refractivity contribution in [3.63, 3.8) is 0 Å². The fourth-order valence-electron chi connectivity index (χ4n) is 2.34. The van der Waals surface area contributed by atoms with Crippen LogP contribution in [-0.4, -0.2) is 30.2 Å². The highest BCUT2D eigenvalue weighted by atomic mass is 16.3. The Kier molecular flexibility index (Phi) is 13.2. The predicted octanol–water partition coefficient (Wildman–Crippen LogP) is 2.01. The van der Waals surface area contributed by atoms with E-state index in [4.69, 9.17) is 9.90 Å². The third-order valence-electron chi connectivity index (χ3n) is 3.16. The monoisotopic (exact) mass is 218 g/mol. The van der Waals surface area contributed by atoms with Crippen molar-refractivity contribution < 1.29 is 15.0 Å². The van der Waals surface area contributed by atoms with Crippen molar-refractivity contribution in [1.29, 1.82) is 0 Å². The predicted molar refractivity (Wildman–Crippen MR) is 62.7 cm³/mol. The van der Waals surface area contributed by atoms with Gasteiger partial charge in [-0.3, -0.25) is 0 Å². The van der Waals surface area contributed by atoms with Gasteiger partial charge in [0, 0.05) is 7.11 Å². The molecule has 0 aromatic carbocycles. The maximum Gasteiger partial charge on any atom is 0.106 e. The summed E-state index contributed by atoms with van der Waals surface area (Å²) in [4.78, 5) is 8.00. The lowest BCUT2D eigenvalue weighted by atomic mass is 9.75. The normalized spacial score (nSPS) is 29.3. The van der Waals surface area contributed by atoms with Gasteiger partial charge in [-0.2, -0.15) is 0 Å². The number of carbonyl (C=O) groups is 1. The van der Waals surface area contributed by atoms with Crippen LogP contribution in [0, 0.1) is 11.8 Å². The Morgan fingerprint density at radius 2 is 1.53 bits per heavy atom. The molecule has 3 atom stereocenters. The average molecular weight is 218 g/mol. The highest BCUT2D eigenvalue weighted by Gasteiger charge is 2.26. The van der Waals surface area contributed by atoms with E-state index in [9.17, 15) is 5.11 Å². The zero-order chi connectivity index (χ0) is 12.3. The van der Waals surface area contributed by atoms with E-state index in [1.165, 1.54) is 19.3 Å². The summed E-state index contributed by atoms with van der Waals surface area (Å²) in [6.45, 7) is 6.51. The van der Waals surface area contributed by atoms with Crippen LogP contribution in [0.25, 0.3) is 0 Å². The van der Waals surface area contributed by atoms with E-state index in [0.29, 0.717) is 0 Å². The highest BCUT2D eigenvalue weighted by Crippen LogP contribution is 2.34. The van der Waals surface area contributed by atoms with Crippen LogP contribution in [0.15, 0.2) is 0 Å². The lowest BCUT2D eigenvalue weighted by molar-refractivity contribution is -0.0979. The topological polar surface area (TPSA) is 57.5 Å². The van der Waals surface area contributed by atoms with Gasteiger partial charge in [-0.05, 0) is 31.1 Å². The number of aliphatic hydroxyl groups is 2.